The smallest absolute Gasteiger partial charge is 0.277 e. The number of benzene rings is 1. The van der Waals surface area contributed by atoms with Gasteiger partial charge in [-0.05, 0) is 38.0 Å². The van der Waals surface area contributed by atoms with E-state index in [1.807, 2.05) is 6.92 Å². The molecule has 0 saturated heterocycles. The minimum Gasteiger partial charge on any atom is -0.491 e. The van der Waals surface area contributed by atoms with Gasteiger partial charge in [-0.1, -0.05) is 12.1 Å². The van der Waals surface area contributed by atoms with E-state index in [-0.39, 0.29) is 29.7 Å². The summed E-state index contributed by atoms with van der Waals surface area (Å²) in [4.78, 5) is 27.3. The number of rotatable bonds is 3. The first-order valence-electron chi connectivity index (χ1n) is 10.3. The van der Waals surface area contributed by atoms with Gasteiger partial charge in [0.15, 0.2) is 5.69 Å². The maximum Gasteiger partial charge on any atom is 0.277 e. The summed E-state index contributed by atoms with van der Waals surface area (Å²) >= 11 is 0. The Morgan fingerprint density at radius 1 is 1.32 bits per heavy atom. The number of amides is 2. The van der Waals surface area contributed by atoms with E-state index in [0.717, 1.165) is 6.54 Å². The van der Waals surface area contributed by atoms with Crippen LogP contribution in [0, 0.1) is 12.8 Å². The van der Waals surface area contributed by atoms with E-state index in [1.165, 1.54) is 0 Å². The Hall–Kier alpha value is -2.91. The predicted octanol–water partition coefficient (Wildman–Crippen LogP) is 2.33. The number of nitrogens with one attached hydrogen (secondary N) is 2. The van der Waals surface area contributed by atoms with Crippen molar-refractivity contribution in [2.45, 2.75) is 32.9 Å². The van der Waals surface area contributed by atoms with Gasteiger partial charge in [-0.2, -0.15) is 0 Å². The molecule has 3 atom stereocenters. The van der Waals surface area contributed by atoms with Crippen LogP contribution in [-0.4, -0.2) is 67.9 Å². The quantitative estimate of drug-likeness (QED) is 0.770. The molecule has 0 unspecified atom stereocenters. The largest absolute Gasteiger partial charge is 0.491 e. The zero-order chi connectivity index (χ0) is 22.5. The van der Waals surface area contributed by atoms with E-state index >= 15 is 0 Å². The summed E-state index contributed by atoms with van der Waals surface area (Å²) < 4.78 is 16.5. The highest BCUT2D eigenvalue weighted by Crippen LogP contribution is 2.26. The molecule has 0 aliphatic carbocycles. The van der Waals surface area contributed by atoms with Gasteiger partial charge >= 0.3 is 0 Å². The maximum atomic E-state index is 13.2. The van der Waals surface area contributed by atoms with E-state index in [4.69, 9.17) is 14.0 Å². The Kier molecular flexibility index (Phi) is 7.29. The Bertz CT molecular complexity index is 928. The summed E-state index contributed by atoms with van der Waals surface area (Å²) in [6, 6.07) is 6.65. The average Bonchev–Trinajstić information content (AvgIpc) is 3.19. The molecule has 9 heteroatoms. The summed E-state index contributed by atoms with van der Waals surface area (Å²) in [6.45, 7) is 7.42. The van der Waals surface area contributed by atoms with Crippen molar-refractivity contribution in [2.24, 2.45) is 5.92 Å². The number of carbonyl (C=O) groups excluding carboxylic acids is 2. The van der Waals surface area contributed by atoms with Crippen molar-refractivity contribution in [3.8, 4) is 5.75 Å². The molecule has 2 aromatic rings. The Morgan fingerprint density at radius 3 is 2.77 bits per heavy atom. The number of hydrogen-bond donors (Lipinski definition) is 2. The topological polar surface area (TPSA) is 106 Å². The lowest BCUT2D eigenvalue weighted by molar-refractivity contribution is 0.0281. The molecular formula is C22H30N4O5. The van der Waals surface area contributed by atoms with Crippen LogP contribution in [0.15, 0.2) is 28.8 Å². The highest BCUT2D eigenvalue weighted by molar-refractivity contribution is 6.04. The average molecular weight is 431 g/mol. The normalized spacial score (nSPS) is 22.7. The molecule has 1 aromatic carbocycles. The number of likely N-dealkylation sites (N-methyl/N-ethyl adjacent to an activating group) is 1. The van der Waals surface area contributed by atoms with Crippen LogP contribution in [0.5, 0.6) is 5.75 Å². The van der Waals surface area contributed by atoms with E-state index in [9.17, 15) is 9.59 Å². The molecule has 0 radical (unpaired) electrons. The number of ether oxygens (including phenoxy) is 2. The van der Waals surface area contributed by atoms with Crippen molar-refractivity contribution >= 4 is 17.5 Å². The minimum atomic E-state index is -0.419. The van der Waals surface area contributed by atoms with E-state index in [2.05, 4.69) is 22.7 Å². The molecule has 2 heterocycles. The van der Waals surface area contributed by atoms with Gasteiger partial charge in [0.05, 0.1) is 11.7 Å². The zero-order valence-electron chi connectivity index (χ0n) is 18.6. The number of hydrogen-bond acceptors (Lipinski definition) is 7. The Labute approximate surface area is 182 Å². The van der Waals surface area contributed by atoms with Crippen molar-refractivity contribution < 1.29 is 23.6 Å². The lowest BCUT2D eigenvalue weighted by atomic mass is 10.0. The van der Waals surface area contributed by atoms with Crippen molar-refractivity contribution in [3.05, 3.63) is 41.3 Å². The van der Waals surface area contributed by atoms with Crippen LogP contribution in [0.3, 0.4) is 0 Å². The fourth-order valence-corrected chi connectivity index (χ4v) is 3.41. The first-order chi connectivity index (χ1) is 14.8. The number of carbonyl (C=O) groups is 2. The molecule has 1 aliphatic heterocycles. The third kappa shape index (κ3) is 5.62. The Morgan fingerprint density at radius 2 is 2.10 bits per heavy atom. The van der Waals surface area contributed by atoms with Crippen LogP contribution in [-0.2, 0) is 4.74 Å². The van der Waals surface area contributed by atoms with Crippen molar-refractivity contribution in [1.82, 2.24) is 15.4 Å². The molecular weight excluding hydrogens is 400 g/mol. The second kappa shape index (κ2) is 9.93. The van der Waals surface area contributed by atoms with Gasteiger partial charge in [0.1, 0.15) is 18.1 Å². The number of anilines is 1. The van der Waals surface area contributed by atoms with Gasteiger partial charge in [-0.15, -0.1) is 0 Å². The third-order valence-corrected chi connectivity index (χ3v) is 5.34. The molecule has 3 rings (SSSR count). The number of methoxy groups -OCH3 is 1. The van der Waals surface area contributed by atoms with E-state index in [0.29, 0.717) is 35.9 Å². The summed E-state index contributed by atoms with van der Waals surface area (Å²) in [7, 11) is 3.39. The third-order valence-electron chi connectivity index (χ3n) is 5.34. The number of aromatic nitrogens is 1. The molecule has 9 nitrogen and oxygen atoms in total. The second-order valence-electron chi connectivity index (χ2n) is 8.05. The van der Waals surface area contributed by atoms with Gasteiger partial charge in [0.2, 0.25) is 0 Å². The molecule has 2 amide bonds. The molecule has 1 aromatic heterocycles. The second-order valence-corrected chi connectivity index (χ2v) is 8.05. The first kappa shape index (κ1) is 22.8. The van der Waals surface area contributed by atoms with Gasteiger partial charge in [-0.25, -0.2) is 0 Å². The SMILES string of the molecule is CO[C@@H]1CN(C)C(=O)c2cc(NC(=O)c3cc(C)on3)ccc2OC[C@@H](C)NC[C@H]1C. The zero-order valence-corrected chi connectivity index (χ0v) is 18.6. The van der Waals surface area contributed by atoms with Gasteiger partial charge in [0.25, 0.3) is 11.8 Å². The van der Waals surface area contributed by atoms with Crippen LogP contribution < -0.4 is 15.4 Å². The lowest BCUT2D eigenvalue weighted by Crippen LogP contribution is -2.44. The van der Waals surface area contributed by atoms with Gasteiger partial charge in [0, 0.05) is 45.0 Å². The van der Waals surface area contributed by atoms with Gasteiger partial charge in [-0.3, -0.25) is 9.59 Å². The molecule has 31 heavy (non-hydrogen) atoms. The lowest BCUT2D eigenvalue weighted by Gasteiger charge is -2.30. The first-order valence-corrected chi connectivity index (χ1v) is 10.3. The summed E-state index contributed by atoms with van der Waals surface area (Å²) in [5.74, 6) is 0.579. The van der Waals surface area contributed by atoms with Crippen molar-refractivity contribution in [2.75, 3.05) is 39.2 Å². The monoisotopic (exact) mass is 430 g/mol. The van der Waals surface area contributed by atoms with Crippen LogP contribution in [0.1, 0.15) is 40.5 Å². The molecule has 1 aliphatic rings. The molecule has 0 fully saturated rings. The van der Waals surface area contributed by atoms with Gasteiger partial charge < -0.3 is 29.5 Å². The Balaban J connectivity index is 1.88. The highest BCUT2D eigenvalue weighted by Gasteiger charge is 2.26. The highest BCUT2D eigenvalue weighted by atomic mass is 16.5. The molecule has 0 bridgehead atoms. The minimum absolute atomic E-state index is 0.0925. The predicted molar refractivity (Wildman–Crippen MR) is 116 cm³/mol. The number of fused-ring (bicyclic) bond motifs is 1. The molecule has 0 saturated carbocycles. The van der Waals surface area contributed by atoms with Crippen LogP contribution >= 0.6 is 0 Å². The van der Waals surface area contributed by atoms with Crippen LogP contribution in [0.4, 0.5) is 5.69 Å². The van der Waals surface area contributed by atoms with Crippen LogP contribution in [0.2, 0.25) is 0 Å². The number of nitrogens with zero attached hydrogens (tertiary/aromatic N) is 2. The summed E-state index contributed by atoms with van der Waals surface area (Å²) in [6.07, 6.45) is -0.115. The van der Waals surface area contributed by atoms with E-state index in [1.54, 1.807) is 50.2 Å². The summed E-state index contributed by atoms with van der Waals surface area (Å²) in [5, 5.41) is 9.92. The standard InChI is InChI=1S/C22H30N4O5/c1-13-10-23-14(2)12-30-19-7-6-16(24-21(27)18-8-15(3)31-25-18)9-17(19)22(28)26(4)11-20(13)29-5/h6-9,13-14,20,23H,10-12H2,1-5H3,(H,24,27)/t13-,14-,20-/m1/s1. The fraction of sp³-hybridized carbons (Fsp3) is 0.500. The van der Waals surface area contributed by atoms with E-state index < -0.39 is 5.91 Å². The van der Waals surface area contributed by atoms with Crippen LogP contribution in [0.25, 0.3) is 0 Å². The fourth-order valence-electron chi connectivity index (χ4n) is 3.41. The molecule has 168 valence electrons. The van der Waals surface area contributed by atoms with Crippen molar-refractivity contribution in [1.29, 1.82) is 0 Å². The maximum absolute atomic E-state index is 13.2. The van der Waals surface area contributed by atoms with Crippen molar-refractivity contribution in [3.63, 3.8) is 0 Å². The molecule has 2 N–H and O–H groups in total. The number of aryl methyl sites for hydroxylation is 1. The molecule has 0 spiro atoms. The summed E-state index contributed by atoms with van der Waals surface area (Å²) in [5.41, 5.74) is 0.998.